The molecule has 37 heavy (non-hydrogen) atoms. The van der Waals surface area contributed by atoms with Gasteiger partial charge < -0.3 is 10.6 Å². The molecule has 0 bridgehead atoms. The first kappa shape index (κ1) is 29.4. The van der Waals surface area contributed by atoms with Gasteiger partial charge in [-0.05, 0) is 98.6 Å². The third kappa shape index (κ3) is 8.15. The second-order valence-corrected chi connectivity index (χ2v) is 11.2. The molecule has 0 saturated carbocycles. The Hall–Kier alpha value is -2.18. The topological polar surface area (TPSA) is 39.7 Å². The van der Waals surface area contributed by atoms with Crippen LogP contribution in [0, 0.1) is 5.82 Å². The van der Waals surface area contributed by atoms with Crippen LogP contribution in [-0.2, 0) is 12.8 Å². The summed E-state index contributed by atoms with van der Waals surface area (Å²) in [5, 5.41) is 7.95. The Labute approximate surface area is 233 Å². The molecule has 2 N–H and O–H groups in total. The smallest absolute Gasteiger partial charge is 0.200 e. The van der Waals surface area contributed by atoms with Crippen LogP contribution in [0.4, 0.5) is 10.1 Å². The van der Waals surface area contributed by atoms with Crippen LogP contribution >= 0.6 is 23.8 Å². The summed E-state index contributed by atoms with van der Waals surface area (Å²) < 4.78 is 15.0. The fraction of sp³-hybridized carbons (Fsp3) is 0.533. The highest BCUT2D eigenvalue weighted by Crippen LogP contribution is 2.26. The number of nitrogens with zero attached hydrogens (tertiary/aromatic N) is 2. The number of nitrogens with one attached hydrogen (secondary N) is 2. The summed E-state index contributed by atoms with van der Waals surface area (Å²) in [7, 11) is 0. The van der Waals surface area contributed by atoms with Crippen LogP contribution in [0.5, 0.6) is 0 Å². The first-order valence-electron chi connectivity index (χ1n) is 13.7. The summed E-state index contributed by atoms with van der Waals surface area (Å²) in [5.41, 5.74) is 4.10. The van der Waals surface area contributed by atoms with E-state index in [0.29, 0.717) is 29.0 Å². The third-order valence-corrected chi connectivity index (χ3v) is 7.62. The summed E-state index contributed by atoms with van der Waals surface area (Å²) in [4.78, 5) is 6.81. The molecule has 1 heterocycles. The Morgan fingerprint density at radius 3 is 2.54 bits per heavy atom. The molecule has 4 nitrogen and oxygen atoms in total. The molecular formula is C30H42ClFN4S. The Balaban J connectivity index is 1.59. The van der Waals surface area contributed by atoms with E-state index in [1.807, 2.05) is 29.2 Å². The molecule has 0 amide bonds. The quantitative estimate of drug-likeness (QED) is 0.221. The van der Waals surface area contributed by atoms with Gasteiger partial charge in [0.25, 0.3) is 0 Å². The molecule has 7 heteroatoms. The van der Waals surface area contributed by atoms with E-state index in [9.17, 15) is 0 Å². The van der Waals surface area contributed by atoms with Crippen molar-refractivity contribution in [2.75, 3.05) is 11.9 Å². The van der Waals surface area contributed by atoms with Gasteiger partial charge in [-0.1, -0.05) is 63.8 Å². The van der Waals surface area contributed by atoms with Crippen molar-refractivity contribution >= 4 is 40.6 Å². The van der Waals surface area contributed by atoms with Crippen molar-refractivity contribution < 1.29 is 4.39 Å². The van der Waals surface area contributed by atoms with Crippen LogP contribution in [0.3, 0.4) is 0 Å². The molecule has 2 unspecified atom stereocenters. The minimum absolute atomic E-state index is 0.0798. The number of halogens is 2. The van der Waals surface area contributed by atoms with Gasteiger partial charge in [-0.3, -0.25) is 4.90 Å². The number of benzene rings is 2. The summed E-state index contributed by atoms with van der Waals surface area (Å²) in [6.07, 6.45) is 7.23. The number of thiocarbonyl (C=S) groups is 1. The first-order chi connectivity index (χ1) is 17.7. The lowest BCUT2D eigenvalue weighted by molar-refractivity contribution is 0.449. The number of aryl methyl sites for hydroxylation is 2. The second-order valence-electron chi connectivity index (χ2n) is 10.4. The Kier molecular flexibility index (Phi) is 11.2. The largest absolute Gasteiger partial charge is 0.356 e. The van der Waals surface area contributed by atoms with Crippen LogP contribution in [0.2, 0.25) is 5.02 Å². The molecule has 0 aliphatic carbocycles. The van der Waals surface area contributed by atoms with E-state index < -0.39 is 0 Å². The van der Waals surface area contributed by atoms with E-state index in [2.05, 4.69) is 51.3 Å². The lowest BCUT2D eigenvalue weighted by Crippen LogP contribution is -2.49. The van der Waals surface area contributed by atoms with Crippen LogP contribution in [0.1, 0.15) is 89.3 Å². The van der Waals surface area contributed by atoms with E-state index >= 15 is 4.39 Å². The molecule has 2 aromatic carbocycles. The number of hydrogen-bond donors (Lipinski definition) is 2. The molecule has 0 fully saturated rings. The van der Waals surface area contributed by atoms with Crippen LogP contribution in [-0.4, -0.2) is 34.6 Å². The molecule has 0 aromatic heterocycles. The zero-order valence-electron chi connectivity index (χ0n) is 22.9. The molecule has 2 aromatic rings. The summed E-state index contributed by atoms with van der Waals surface area (Å²) >= 11 is 11.8. The normalized spacial score (nSPS) is 17.3. The van der Waals surface area contributed by atoms with E-state index in [0.717, 1.165) is 36.5 Å². The molecule has 3 rings (SSSR count). The predicted molar refractivity (Wildman–Crippen MR) is 161 cm³/mol. The van der Waals surface area contributed by atoms with Gasteiger partial charge in [0.05, 0.1) is 12.1 Å². The van der Waals surface area contributed by atoms with Gasteiger partial charge in [0.15, 0.2) is 5.11 Å². The lowest BCUT2D eigenvalue weighted by atomic mass is 9.90. The summed E-state index contributed by atoms with van der Waals surface area (Å²) in [6.45, 7) is 11.5. The SMILES string of the molecule is CCCCCCc1cc(F)c(CCCNC2=NC(C)C(C)N2C(=S)Nc2cccc(Cl)c2)cc1C(C)C. The van der Waals surface area contributed by atoms with Crippen LogP contribution in [0.15, 0.2) is 41.4 Å². The van der Waals surface area contributed by atoms with Crippen molar-refractivity contribution in [3.05, 3.63) is 63.9 Å². The Bertz CT molecular complexity index is 1090. The van der Waals surface area contributed by atoms with E-state index in [-0.39, 0.29) is 17.9 Å². The number of hydrogen-bond acceptors (Lipinski definition) is 3. The van der Waals surface area contributed by atoms with Gasteiger partial charge in [0.1, 0.15) is 5.82 Å². The highest BCUT2D eigenvalue weighted by Gasteiger charge is 2.32. The van der Waals surface area contributed by atoms with Crippen molar-refractivity contribution in [2.45, 2.75) is 97.6 Å². The van der Waals surface area contributed by atoms with Crippen molar-refractivity contribution in [3.63, 3.8) is 0 Å². The minimum Gasteiger partial charge on any atom is -0.356 e. The summed E-state index contributed by atoms with van der Waals surface area (Å²) in [5.74, 6) is 1.06. The third-order valence-electron chi connectivity index (χ3n) is 7.09. The number of aliphatic imine (C=N–C) groups is 1. The van der Waals surface area contributed by atoms with Crippen LogP contribution in [0.25, 0.3) is 0 Å². The van der Waals surface area contributed by atoms with E-state index in [4.69, 9.17) is 28.8 Å². The monoisotopic (exact) mass is 544 g/mol. The maximum absolute atomic E-state index is 15.0. The molecule has 0 spiro atoms. The maximum atomic E-state index is 15.0. The zero-order valence-corrected chi connectivity index (χ0v) is 24.5. The average molecular weight is 545 g/mol. The van der Waals surface area contributed by atoms with Gasteiger partial charge in [-0.25, -0.2) is 9.38 Å². The highest BCUT2D eigenvalue weighted by molar-refractivity contribution is 7.80. The second kappa shape index (κ2) is 14.1. The fourth-order valence-electron chi connectivity index (χ4n) is 4.78. The number of unbranched alkanes of at least 4 members (excludes halogenated alkanes) is 3. The van der Waals surface area contributed by atoms with Gasteiger partial charge in [-0.15, -0.1) is 0 Å². The molecule has 2 atom stereocenters. The first-order valence-corrected chi connectivity index (χ1v) is 14.5. The van der Waals surface area contributed by atoms with E-state index in [1.54, 1.807) is 6.07 Å². The predicted octanol–water partition coefficient (Wildman–Crippen LogP) is 8.09. The molecule has 0 radical (unpaired) electrons. The lowest BCUT2D eigenvalue weighted by Gasteiger charge is -2.28. The standard InChI is InChI=1S/C30H42ClFN4S/c1-6-7-8-9-12-23-18-28(32)24(17-27(23)20(2)3)13-11-16-33-29-34-21(4)22(5)36(29)30(37)35-26-15-10-14-25(31)19-26/h10,14-15,17-22H,6-9,11-13,16H2,1-5H3,(H,33,34)(H,35,37). The van der Waals surface area contributed by atoms with Crippen molar-refractivity contribution in [1.82, 2.24) is 10.2 Å². The fourth-order valence-corrected chi connectivity index (χ4v) is 5.34. The van der Waals surface area contributed by atoms with Crippen LogP contribution < -0.4 is 10.6 Å². The summed E-state index contributed by atoms with van der Waals surface area (Å²) in [6, 6.07) is 11.6. The molecule has 0 saturated heterocycles. The van der Waals surface area contributed by atoms with Gasteiger partial charge in [-0.2, -0.15) is 0 Å². The molecular weight excluding hydrogens is 503 g/mol. The Morgan fingerprint density at radius 2 is 1.84 bits per heavy atom. The average Bonchev–Trinajstić information content (AvgIpc) is 3.13. The van der Waals surface area contributed by atoms with Gasteiger partial charge in [0, 0.05) is 17.3 Å². The maximum Gasteiger partial charge on any atom is 0.200 e. The van der Waals surface area contributed by atoms with Crippen molar-refractivity contribution in [3.8, 4) is 0 Å². The molecule has 1 aliphatic heterocycles. The highest BCUT2D eigenvalue weighted by atomic mass is 35.5. The molecule has 1 aliphatic rings. The number of rotatable bonds is 11. The van der Waals surface area contributed by atoms with Crippen molar-refractivity contribution in [2.24, 2.45) is 4.99 Å². The number of guanidine groups is 1. The van der Waals surface area contributed by atoms with Gasteiger partial charge >= 0.3 is 0 Å². The zero-order chi connectivity index (χ0) is 26.9. The van der Waals surface area contributed by atoms with Crippen molar-refractivity contribution in [1.29, 1.82) is 0 Å². The van der Waals surface area contributed by atoms with E-state index in [1.165, 1.54) is 30.4 Å². The van der Waals surface area contributed by atoms with Gasteiger partial charge in [0.2, 0.25) is 5.96 Å². The minimum atomic E-state index is -0.0798. The molecule has 202 valence electrons. The Morgan fingerprint density at radius 1 is 1.08 bits per heavy atom. The number of anilines is 1.